The van der Waals surface area contributed by atoms with Crippen LogP contribution in [0, 0.1) is 0 Å². The number of carbonyl (C=O) groups is 2. The van der Waals surface area contributed by atoms with Crippen molar-refractivity contribution in [2.24, 2.45) is 0 Å². The molecule has 0 unspecified atom stereocenters. The van der Waals surface area contributed by atoms with Crippen LogP contribution in [0.25, 0.3) is 10.8 Å². The maximum Gasteiger partial charge on any atom is 0.305 e. The third-order valence-corrected chi connectivity index (χ3v) is 4.34. The number of aromatic nitrogens is 2. The first-order chi connectivity index (χ1) is 12.5. The number of carboxylic acid groups (broad SMARTS) is 1. The Bertz CT molecular complexity index is 941. The van der Waals surface area contributed by atoms with E-state index in [1.807, 2.05) is 56.3 Å². The average Bonchev–Trinajstić information content (AvgIpc) is 3.11. The Balaban J connectivity index is 1.92. The quantitative estimate of drug-likeness (QED) is 0.632. The summed E-state index contributed by atoms with van der Waals surface area (Å²) in [6.45, 7) is 4.00. The van der Waals surface area contributed by atoms with Gasteiger partial charge in [0, 0.05) is 5.69 Å². The maximum absolute atomic E-state index is 12.6. The summed E-state index contributed by atoms with van der Waals surface area (Å²) in [4.78, 5) is 24.0. The average molecular weight is 351 g/mol. The monoisotopic (exact) mass is 351 g/mol. The Kier molecular flexibility index (Phi) is 5.02. The number of carbonyl (C=O) groups excluding carboxylic acids is 1. The molecule has 3 N–H and O–H groups in total. The second kappa shape index (κ2) is 7.39. The zero-order chi connectivity index (χ0) is 18.7. The van der Waals surface area contributed by atoms with E-state index in [0.717, 1.165) is 22.0 Å². The lowest BCUT2D eigenvalue weighted by Gasteiger charge is -2.19. The predicted molar refractivity (Wildman–Crippen MR) is 99.1 cm³/mol. The summed E-state index contributed by atoms with van der Waals surface area (Å²) >= 11 is 0. The summed E-state index contributed by atoms with van der Waals surface area (Å²) in [7, 11) is 0. The van der Waals surface area contributed by atoms with Gasteiger partial charge in [-0.15, -0.1) is 0 Å². The number of benzene rings is 2. The van der Waals surface area contributed by atoms with Gasteiger partial charge in [0.25, 0.3) is 5.91 Å². The Morgan fingerprint density at radius 1 is 1.15 bits per heavy atom. The van der Waals surface area contributed by atoms with Gasteiger partial charge in [-0.2, -0.15) is 5.10 Å². The molecule has 0 aliphatic heterocycles. The van der Waals surface area contributed by atoms with Gasteiger partial charge in [-0.3, -0.25) is 14.7 Å². The summed E-state index contributed by atoms with van der Waals surface area (Å²) < 4.78 is 0. The summed E-state index contributed by atoms with van der Waals surface area (Å²) in [5.41, 5.74) is 1.89. The Hall–Kier alpha value is -3.15. The minimum atomic E-state index is -0.979. The van der Waals surface area contributed by atoms with E-state index < -0.39 is 17.9 Å². The normalized spacial score (nSPS) is 12.3. The van der Waals surface area contributed by atoms with E-state index in [0.29, 0.717) is 0 Å². The Morgan fingerprint density at radius 3 is 2.58 bits per heavy atom. The maximum atomic E-state index is 12.6. The Labute approximate surface area is 151 Å². The molecule has 0 radical (unpaired) electrons. The first kappa shape index (κ1) is 17.7. The van der Waals surface area contributed by atoms with Crippen molar-refractivity contribution in [3.63, 3.8) is 0 Å². The van der Waals surface area contributed by atoms with Crippen molar-refractivity contribution >= 4 is 22.6 Å². The smallest absolute Gasteiger partial charge is 0.305 e. The lowest BCUT2D eigenvalue weighted by Crippen LogP contribution is -2.30. The van der Waals surface area contributed by atoms with Gasteiger partial charge >= 0.3 is 5.97 Å². The molecule has 6 heteroatoms. The van der Waals surface area contributed by atoms with Gasteiger partial charge in [-0.05, 0) is 28.3 Å². The second-order valence-corrected chi connectivity index (χ2v) is 6.56. The zero-order valence-corrected chi connectivity index (χ0v) is 14.7. The van der Waals surface area contributed by atoms with E-state index in [1.54, 1.807) is 6.07 Å². The van der Waals surface area contributed by atoms with Crippen molar-refractivity contribution in [2.45, 2.75) is 32.2 Å². The lowest BCUT2D eigenvalue weighted by molar-refractivity contribution is -0.137. The van der Waals surface area contributed by atoms with Crippen LogP contribution in [-0.2, 0) is 4.79 Å². The number of fused-ring (bicyclic) bond motifs is 1. The van der Waals surface area contributed by atoms with Gasteiger partial charge < -0.3 is 10.4 Å². The lowest BCUT2D eigenvalue weighted by atomic mass is 9.96. The number of aromatic amines is 1. The summed E-state index contributed by atoms with van der Waals surface area (Å²) in [5, 5.41) is 20.9. The van der Waals surface area contributed by atoms with Crippen LogP contribution in [0.5, 0.6) is 0 Å². The van der Waals surface area contributed by atoms with Crippen molar-refractivity contribution in [1.82, 2.24) is 15.5 Å². The molecule has 3 rings (SSSR count). The first-order valence-electron chi connectivity index (χ1n) is 8.51. The van der Waals surface area contributed by atoms with E-state index >= 15 is 0 Å². The van der Waals surface area contributed by atoms with E-state index in [2.05, 4.69) is 15.5 Å². The molecule has 0 bridgehead atoms. The molecule has 3 aromatic rings. The Morgan fingerprint density at radius 2 is 1.88 bits per heavy atom. The molecule has 0 saturated heterocycles. The van der Waals surface area contributed by atoms with Gasteiger partial charge in [0.15, 0.2) is 0 Å². The van der Waals surface area contributed by atoms with Gasteiger partial charge in [0.1, 0.15) is 5.69 Å². The van der Waals surface area contributed by atoms with E-state index in [1.165, 1.54) is 0 Å². The third-order valence-electron chi connectivity index (χ3n) is 4.34. The largest absolute Gasteiger partial charge is 0.481 e. The van der Waals surface area contributed by atoms with Crippen LogP contribution >= 0.6 is 0 Å². The van der Waals surface area contributed by atoms with Crippen LogP contribution in [0.1, 0.15) is 54.0 Å². The number of aliphatic carboxylic acids is 1. The molecule has 1 heterocycles. The molecule has 0 aliphatic rings. The number of nitrogens with zero attached hydrogens (tertiary/aromatic N) is 1. The minimum absolute atomic E-state index is 0.207. The fourth-order valence-corrected chi connectivity index (χ4v) is 2.95. The van der Waals surface area contributed by atoms with E-state index in [9.17, 15) is 14.7 Å². The summed E-state index contributed by atoms with van der Waals surface area (Å²) in [6, 6.07) is 14.4. The van der Waals surface area contributed by atoms with Gasteiger partial charge in [-0.25, -0.2) is 0 Å². The molecule has 1 atom stereocenters. The number of H-pyrrole nitrogens is 1. The molecule has 2 aromatic carbocycles. The van der Waals surface area contributed by atoms with Crippen molar-refractivity contribution in [3.05, 3.63) is 65.5 Å². The van der Waals surface area contributed by atoms with Crippen LogP contribution in [0.2, 0.25) is 0 Å². The van der Waals surface area contributed by atoms with Crippen LogP contribution < -0.4 is 5.32 Å². The zero-order valence-electron chi connectivity index (χ0n) is 14.7. The highest BCUT2D eigenvalue weighted by atomic mass is 16.4. The highest BCUT2D eigenvalue weighted by Gasteiger charge is 2.22. The number of hydrogen-bond donors (Lipinski definition) is 3. The minimum Gasteiger partial charge on any atom is -0.481 e. The molecular weight excluding hydrogens is 330 g/mol. The predicted octanol–water partition coefficient (Wildman–Crippen LogP) is 3.63. The van der Waals surface area contributed by atoms with Crippen LogP contribution in [0.4, 0.5) is 0 Å². The van der Waals surface area contributed by atoms with Crippen molar-refractivity contribution in [3.8, 4) is 0 Å². The molecule has 0 spiro atoms. The van der Waals surface area contributed by atoms with E-state index in [-0.39, 0.29) is 18.0 Å². The number of hydrogen-bond acceptors (Lipinski definition) is 3. The van der Waals surface area contributed by atoms with Crippen molar-refractivity contribution < 1.29 is 14.7 Å². The molecule has 6 nitrogen and oxygen atoms in total. The van der Waals surface area contributed by atoms with Gasteiger partial charge in [-0.1, -0.05) is 56.3 Å². The second-order valence-electron chi connectivity index (χ2n) is 6.56. The number of nitrogens with one attached hydrogen (secondary N) is 2. The van der Waals surface area contributed by atoms with Crippen LogP contribution in [0.3, 0.4) is 0 Å². The number of rotatable bonds is 6. The van der Waals surface area contributed by atoms with Crippen molar-refractivity contribution in [2.75, 3.05) is 0 Å². The molecule has 0 saturated carbocycles. The summed E-state index contributed by atoms with van der Waals surface area (Å²) in [6.07, 6.45) is -0.207. The fraction of sp³-hybridized carbons (Fsp3) is 0.250. The van der Waals surface area contributed by atoms with E-state index in [4.69, 9.17) is 0 Å². The molecule has 0 fully saturated rings. The third kappa shape index (κ3) is 3.74. The molecule has 26 heavy (non-hydrogen) atoms. The highest BCUT2D eigenvalue weighted by molar-refractivity contribution is 5.94. The van der Waals surface area contributed by atoms with Crippen LogP contribution in [0.15, 0.2) is 48.5 Å². The van der Waals surface area contributed by atoms with Gasteiger partial charge in [0.2, 0.25) is 0 Å². The molecule has 0 aliphatic carbocycles. The molecule has 1 amide bonds. The topological polar surface area (TPSA) is 95.1 Å². The number of amides is 1. The molecule has 1 aromatic heterocycles. The SMILES string of the molecule is CC(C)c1cc(C(=O)N[C@H](CC(=O)O)c2cccc3ccccc23)n[nH]1. The standard InChI is InChI=1S/C20H21N3O3/c1-12(2)16-10-18(23-22-16)20(26)21-17(11-19(24)25)15-9-5-7-13-6-3-4-8-14(13)15/h3-10,12,17H,11H2,1-2H3,(H,21,26)(H,22,23)(H,24,25)/t17-/m1/s1. The van der Waals surface area contributed by atoms with Crippen LogP contribution in [-0.4, -0.2) is 27.2 Å². The van der Waals surface area contributed by atoms with Gasteiger partial charge in [0.05, 0.1) is 12.5 Å². The molecular formula is C20H21N3O3. The number of carboxylic acids is 1. The summed E-state index contributed by atoms with van der Waals surface area (Å²) in [5.74, 6) is -1.16. The first-order valence-corrected chi connectivity index (χ1v) is 8.51. The van der Waals surface area contributed by atoms with Crippen molar-refractivity contribution in [1.29, 1.82) is 0 Å². The highest BCUT2D eigenvalue weighted by Crippen LogP contribution is 2.27. The fourth-order valence-electron chi connectivity index (χ4n) is 2.95. The molecule has 134 valence electrons.